The summed E-state index contributed by atoms with van der Waals surface area (Å²) in [4.78, 5) is 26.6. The van der Waals surface area contributed by atoms with E-state index < -0.39 is 12.2 Å². The molecule has 0 radical (unpaired) electrons. The number of oxazole rings is 1. The summed E-state index contributed by atoms with van der Waals surface area (Å²) in [5.41, 5.74) is 1.49. The van der Waals surface area contributed by atoms with E-state index in [0.717, 1.165) is 10.9 Å². The average molecular weight is 384 g/mol. The highest BCUT2D eigenvalue weighted by molar-refractivity contribution is 5.89. The van der Waals surface area contributed by atoms with Crippen LogP contribution in [0.25, 0.3) is 22.2 Å². The number of hydrogen-bond donors (Lipinski definition) is 2. The molecule has 2 atom stereocenters. The van der Waals surface area contributed by atoms with E-state index in [1.165, 1.54) is 4.90 Å². The lowest BCUT2D eigenvalue weighted by Gasteiger charge is -2.34. The summed E-state index contributed by atoms with van der Waals surface area (Å²) in [6.07, 6.45) is 2.75. The van der Waals surface area contributed by atoms with Crippen LogP contribution in [0.1, 0.15) is 12.3 Å². The van der Waals surface area contributed by atoms with Gasteiger partial charge in [-0.15, -0.1) is 0 Å². The van der Waals surface area contributed by atoms with Crippen LogP contribution in [0.4, 0.5) is 15.1 Å². The van der Waals surface area contributed by atoms with E-state index in [2.05, 4.69) is 25.6 Å². The maximum Gasteiger partial charge on any atom is 0.324 e. The zero-order valence-electron chi connectivity index (χ0n) is 15.6. The molecule has 0 bridgehead atoms. The molecule has 1 aliphatic heterocycles. The minimum absolute atomic E-state index is 0.0416. The minimum atomic E-state index is -1.10. The SMILES string of the molecule is CN[C@@H]1CCN(C(=O)Nc2ncc3ccc(-c4cnc(C)o4)cc3n2)C[C@H]1F. The first-order chi connectivity index (χ1) is 13.5. The number of carbonyl (C=O) groups excluding carboxylic acids is 1. The zero-order chi connectivity index (χ0) is 19.7. The van der Waals surface area contributed by atoms with E-state index in [9.17, 15) is 9.18 Å². The third-order valence-electron chi connectivity index (χ3n) is 4.91. The number of nitrogens with zero attached hydrogens (tertiary/aromatic N) is 4. The predicted octanol–water partition coefficient (Wildman–Crippen LogP) is 2.76. The molecule has 4 rings (SSSR count). The molecule has 146 valence electrons. The summed E-state index contributed by atoms with van der Waals surface area (Å²) in [6.45, 7) is 2.29. The topological polar surface area (TPSA) is 96.2 Å². The van der Waals surface area contributed by atoms with Gasteiger partial charge in [-0.3, -0.25) is 5.32 Å². The molecule has 1 aliphatic rings. The molecule has 2 N–H and O–H groups in total. The van der Waals surface area contributed by atoms with Crippen molar-refractivity contribution in [2.75, 3.05) is 25.5 Å². The lowest BCUT2D eigenvalue weighted by molar-refractivity contribution is 0.126. The number of hydrogen-bond acceptors (Lipinski definition) is 6. The first-order valence-electron chi connectivity index (χ1n) is 9.10. The first-order valence-corrected chi connectivity index (χ1v) is 9.10. The van der Waals surface area contributed by atoms with Crippen molar-refractivity contribution in [1.82, 2.24) is 25.2 Å². The van der Waals surface area contributed by atoms with Gasteiger partial charge >= 0.3 is 6.03 Å². The van der Waals surface area contributed by atoms with Gasteiger partial charge in [-0.25, -0.2) is 24.1 Å². The molecular weight excluding hydrogens is 363 g/mol. The van der Waals surface area contributed by atoms with Crippen molar-refractivity contribution in [1.29, 1.82) is 0 Å². The normalized spacial score (nSPS) is 19.8. The zero-order valence-corrected chi connectivity index (χ0v) is 15.6. The second-order valence-electron chi connectivity index (χ2n) is 6.79. The number of fused-ring (bicyclic) bond motifs is 1. The molecule has 2 amide bonds. The Morgan fingerprint density at radius 1 is 1.32 bits per heavy atom. The predicted molar refractivity (Wildman–Crippen MR) is 103 cm³/mol. The van der Waals surface area contributed by atoms with E-state index in [-0.39, 0.29) is 18.5 Å². The summed E-state index contributed by atoms with van der Waals surface area (Å²) >= 11 is 0. The van der Waals surface area contributed by atoms with E-state index in [1.54, 1.807) is 26.4 Å². The average Bonchev–Trinajstić information content (AvgIpc) is 3.13. The summed E-state index contributed by atoms with van der Waals surface area (Å²) in [5.74, 6) is 1.40. The Kier molecular flexibility index (Phi) is 4.91. The highest BCUT2D eigenvalue weighted by Gasteiger charge is 2.30. The fourth-order valence-corrected chi connectivity index (χ4v) is 3.32. The third-order valence-corrected chi connectivity index (χ3v) is 4.91. The standard InChI is InChI=1S/C19H21FN6O2/c1-11-22-9-17(28-11)12-3-4-13-8-23-18(24-16(13)7-12)25-19(27)26-6-5-15(21-2)14(20)10-26/h3-4,7-9,14-15,21H,5-6,10H2,1-2H3,(H,23,24,25,27)/t14-,15-/m1/s1. The molecule has 28 heavy (non-hydrogen) atoms. The second kappa shape index (κ2) is 7.51. The third kappa shape index (κ3) is 3.65. The molecule has 1 aromatic carbocycles. The van der Waals surface area contributed by atoms with Crippen molar-refractivity contribution in [2.45, 2.75) is 25.6 Å². The molecule has 0 aliphatic carbocycles. The summed E-state index contributed by atoms with van der Waals surface area (Å²) in [6, 6.07) is 5.00. The molecule has 1 saturated heterocycles. The van der Waals surface area contributed by atoms with Gasteiger partial charge in [-0.05, 0) is 19.5 Å². The molecule has 8 nitrogen and oxygen atoms in total. The van der Waals surface area contributed by atoms with Crippen LogP contribution in [0.15, 0.2) is 35.0 Å². The number of alkyl halides is 1. The lowest BCUT2D eigenvalue weighted by Crippen LogP contribution is -2.52. The number of amides is 2. The van der Waals surface area contributed by atoms with Crippen LogP contribution in [0.5, 0.6) is 0 Å². The number of aryl methyl sites for hydroxylation is 1. The summed E-state index contributed by atoms with van der Waals surface area (Å²) in [5, 5.41) is 6.43. The fourth-order valence-electron chi connectivity index (χ4n) is 3.32. The molecule has 0 spiro atoms. The first kappa shape index (κ1) is 18.3. The van der Waals surface area contributed by atoms with Gasteiger partial charge in [0, 0.05) is 36.7 Å². The van der Waals surface area contributed by atoms with Gasteiger partial charge in [0.2, 0.25) is 5.95 Å². The molecule has 2 aromatic heterocycles. The number of carbonyl (C=O) groups is 1. The number of urea groups is 1. The molecule has 1 fully saturated rings. The van der Waals surface area contributed by atoms with E-state index >= 15 is 0 Å². The number of anilines is 1. The number of nitrogens with one attached hydrogen (secondary N) is 2. The Bertz CT molecular complexity index is 1010. The van der Waals surface area contributed by atoms with Gasteiger partial charge < -0.3 is 14.6 Å². The number of aromatic nitrogens is 3. The summed E-state index contributed by atoms with van der Waals surface area (Å²) in [7, 11) is 1.73. The van der Waals surface area contributed by atoms with Crippen molar-refractivity contribution in [2.24, 2.45) is 0 Å². The number of benzene rings is 1. The second-order valence-corrected chi connectivity index (χ2v) is 6.79. The lowest BCUT2D eigenvalue weighted by atomic mass is 10.0. The molecule has 9 heteroatoms. The summed E-state index contributed by atoms with van der Waals surface area (Å²) < 4.78 is 19.6. The molecule has 0 saturated carbocycles. The highest BCUT2D eigenvalue weighted by Crippen LogP contribution is 2.24. The van der Waals surface area contributed by atoms with Gasteiger partial charge in [0.05, 0.1) is 18.3 Å². The van der Waals surface area contributed by atoms with E-state index in [4.69, 9.17) is 4.42 Å². The molecule has 3 aromatic rings. The van der Waals surface area contributed by atoms with Crippen LogP contribution in [0.2, 0.25) is 0 Å². The Labute approximate surface area is 161 Å². The van der Waals surface area contributed by atoms with Gasteiger partial charge in [-0.2, -0.15) is 0 Å². The van der Waals surface area contributed by atoms with Crippen LogP contribution < -0.4 is 10.6 Å². The van der Waals surface area contributed by atoms with Crippen molar-refractivity contribution in [3.05, 3.63) is 36.5 Å². The smallest absolute Gasteiger partial charge is 0.324 e. The molecular formula is C19H21FN6O2. The van der Waals surface area contributed by atoms with Crippen LogP contribution in [0.3, 0.4) is 0 Å². The van der Waals surface area contributed by atoms with Gasteiger partial charge in [0.1, 0.15) is 6.17 Å². The Morgan fingerprint density at radius 2 is 2.18 bits per heavy atom. The van der Waals surface area contributed by atoms with Crippen molar-refractivity contribution >= 4 is 22.9 Å². The monoisotopic (exact) mass is 384 g/mol. The minimum Gasteiger partial charge on any atom is -0.441 e. The quantitative estimate of drug-likeness (QED) is 0.721. The highest BCUT2D eigenvalue weighted by atomic mass is 19.1. The number of rotatable bonds is 3. The Morgan fingerprint density at radius 3 is 2.89 bits per heavy atom. The van der Waals surface area contributed by atoms with E-state index in [0.29, 0.717) is 30.1 Å². The van der Waals surface area contributed by atoms with Crippen molar-refractivity contribution in [3.8, 4) is 11.3 Å². The Hall–Kier alpha value is -3.07. The number of likely N-dealkylation sites (tertiary alicyclic amines) is 1. The fraction of sp³-hybridized carbons (Fsp3) is 0.368. The van der Waals surface area contributed by atoms with Crippen LogP contribution in [-0.2, 0) is 0 Å². The van der Waals surface area contributed by atoms with Gasteiger partial charge in [0.15, 0.2) is 11.7 Å². The van der Waals surface area contributed by atoms with Gasteiger partial charge in [-0.1, -0.05) is 12.1 Å². The number of piperidine rings is 1. The van der Waals surface area contributed by atoms with E-state index in [1.807, 2.05) is 18.2 Å². The Balaban J connectivity index is 1.51. The van der Waals surface area contributed by atoms with Crippen LogP contribution in [-0.4, -0.2) is 58.2 Å². The van der Waals surface area contributed by atoms with Crippen molar-refractivity contribution in [3.63, 3.8) is 0 Å². The van der Waals surface area contributed by atoms with Gasteiger partial charge in [0.25, 0.3) is 0 Å². The number of halogens is 1. The largest absolute Gasteiger partial charge is 0.441 e. The van der Waals surface area contributed by atoms with Crippen LogP contribution >= 0.6 is 0 Å². The maximum atomic E-state index is 14.1. The molecule has 0 unspecified atom stereocenters. The van der Waals surface area contributed by atoms with Crippen LogP contribution in [0, 0.1) is 6.92 Å². The maximum absolute atomic E-state index is 14.1. The molecule has 3 heterocycles. The van der Waals surface area contributed by atoms with Crippen molar-refractivity contribution < 1.29 is 13.6 Å².